The number of ether oxygens (including phenoxy) is 1. The number of alkyl halides is 1. The van der Waals surface area contributed by atoms with Crippen LogP contribution in [0.25, 0.3) is 0 Å². The number of piperazine rings is 1. The zero-order chi connectivity index (χ0) is 11.4. The first-order valence-electron chi connectivity index (χ1n) is 4.82. The summed E-state index contributed by atoms with van der Waals surface area (Å²) in [5, 5.41) is 0. The minimum Gasteiger partial charge on any atom is -0.453 e. The second kappa shape index (κ2) is 5.34. The van der Waals surface area contributed by atoms with E-state index in [4.69, 9.17) is 0 Å². The number of carbonyl (C=O) groups is 2. The Kier molecular flexibility index (Phi) is 4.38. The highest BCUT2D eigenvalue weighted by atomic mass is 79.9. The number of hydrogen-bond donors (Lipinski definition) is 0. The SMILES string of the molecule is COC(=O)N1CCN(C(=O)C(C)Br)CC1. The van der Waals surface area contributed by atoms with Crippen molar-refractivity contribution in [2.45, 2.75) is 11.8 Å². The van der Waals surface area contributed by atoms with Gasteiger partial charge in [0.15, 0.2) is 0 Å². The molecule has 1 heterocycles. The maximum absolute atomic E-state index is 11.6. The summed E-state index contributed by atoms with van der Waals surface area (Å²) in [5.41, 5.74) is 0. The molecule has 1 atom stereocenters. The lowest BCUT2D eigenvalue weighted by atomic mass is 10.3. The Morgan fingerprint density at radius 2 is 1.67 bits per heavy atom. The van der Waals surface area contributed by atoms with E-state index in [0.29, 0.717) is 26.2 Å². The van der Waals surface area contributed by atoms with E-state index in [-0.39, 0.29) is 16.8 Å². The second-order valence-corrected chi connectivity index (χ2v) is 4.77. The number of carbonyl (C=O) groups excluding carboxylic acids is 2. The lowest BCUT2D eigenvalue weighted by Crippen LogP contribution is -2.51. The van der Waals surface area contributed by atoms with E-state index < -0.39 is 0 Å². The number of halogens is 1. The summed E-state index contributed by atoms with van der Waals surface area (Å²) in [4.78, 5) is 25.9. The monoisotopic (exact) mass is 278 g/mol. The molecule has 2 amide bonds. The summed E-state index contributed by atoms with van der Waals surface area (Å²) in [5.74, 6) is 0.0690. The van der Waals surface area contributed by atoms with Crippen molar-refractivity contribution in [3.63, 3.8) is 0 Å². The quantitative estimate of drug-likeness (QED) is 0.663. The molecule has 0 bridgehead atoms. The number of amides is 2. The van der Waals surface area contributed by atoms with E-state index in [9.17, 15) is 9.59 Å². The van der Waals surface area contributed by atoms with E-state index in [2.05, 4.69) is 20.7 Å². The van der Waals surface area contributed by atoms with Gasteiger partial charge in [0.05, 0.1) is 11.9 Å². The predicted molar refractivity (Wildman–Crippen MR) is 58.9 cm³/mol. The fourth-order valence-electron chi connectivity index (χ4n) is 1.49. The van der Waals surface area contributed by atoms with E-state index in [1.165, 1.54) is 7.11 Å². The molecule has 0 saturated carbocycles. The number of methoxy groups -OCH3 is 1. The minimum atomic E-state index is -0.325. The maximum atomic E-state index is 11.6. The largest absolute Gasteiger partial charge is 0.453 e. The number of nitrogens with zero attached hydrogens (tertiary/aromatic N) is 2. The molecule has 15 heavy (non-hydrogen) atoms. The first kappa shape index (κ1) is 12.3. The molecule has 86 valence electrons. The fourth-order valence-corrected chi connectivity index (χ4v) is 1.78. The van der Waals surface area contributed by atoms with Crippen LogP contribution in [0.1, 0.15) is 6.92 Å². The van der Waals surface area contributed by atoms with E-state index in [1.807, 2.05) is 0 Å². The van der Waals surface area contributed by atoms with Gasteiger partial charge in [-0.3, -0.25) is 4.79 Å². The first-order valence-corrected chi connectivity index (χ1v) is 5.73. The number of rotatable bonds is 1. The molecule has 0 aromatic carbocycles. The molecule has 1 rings (SSSR count). The van der Waals surface area contributed by atoms with Crippen LogP contribution in [-0.2, 0) is 9.53 Å². The van der Waals surface area contributed by atoms with Gasteiger partial charge in [0.25, 0.3) is 0 Å². The van der Waals surface area contributed by atoms with E-state index >= 15 is 0 Å². The zero-order valence-corrected chi connectivity index (χ0v) is 10.5. The fraction of sp³-hybridized carbons (Fsp3) is 0.778. The van der Waals surface area contributed by atoms with Crippen molar-refractivity contribution in [2.75, 3.05) is 33.3 Å². The molecule has 5 nitrogen and oxygen atoms in total. The molecular weight excluding hydrogens is 264 g/mol. The molecule has 0 spiro atoms. The third-order valence-corrected chi connectivity index (χ3v) is 2.76. The van der Waals surface area contributed by atoms with E-state index in [1.54, 1.807) is 16.7 Å². The van der Waals surface area contributed by atoms with Crippen LogP contribution in [0.5, 0.6) is 0 Å². The molecule has 0 aliphatic carbocycles. The van der Waals surface area contributed by atoms with Crippen LogP contribution in [0, 0.1) is 0 Å². The summed E-state index contributed by atoms with van der Waals surface area (Å²) in [6, 6.07) is 0. The zero-order valence-electron chi connectivity index (χ0n) is 8.90. The standard InChI is InChI=1S/C9H15BrN2O3/c1-7(10)8(13)11-3-5-12(6-4-11)9(14)15-2/h7H,3-6H2,1-2H3. The number of hydrogen-bond acceptors (Lipinski definition) is 3. The van der Waals surface area contributed by atoms with Gasteiger partial charge >= 0.3 is 6.09 Å². The summed E-state index contributed by atoms with van der Waals surface area (Å²) < 4.78 is 4.61. The van der Waals surface area contributed by atoms with Crippen molar-refractivity contribution in [3.8, 4) is 0 Å². The Balaban J connectivity index is 2.42. The van der Waals surface area contributed by atoms with Gasteiger partial charge in [-0.15, -0.1) is 0 Å². The maximum Gasteiger partial charge on any atom is 0.409 e. The molecule has 1 saturated heterocycles. The van der Waals surface area contributed by atoms with Crippen LogP contribution in [0.2, 0.25) is 0 Å². The summed E-state index contributed by atoms with van der Waals surface area (Å²) >= 11 is 3.24. The van der Waals surface area contributed by atoms with Gasteiger partial charge < -0.3 is 14.5 Å². The molecule has 1 aliphatic rings. The normalized spacial score (nSPS) is 18.6. The molecule has 1 fully saturated rings. The summed E-state index contributed by atoms with van der Waals surface area (Å²) in [6.45, 7) is 4.03. The lowest BCUT2D eigenvalue weighted by Gasteiger charge is -2.34. The molecule has 0 aromatic heterocycles. The van der Waals surface area contributed by atoms with Gasteiger partial charge in [-0.2, -0.15) is 0 Å². The van der Waals surface area contributed by atoms with Gasteiger partial charge in [0.2, 0.25) is 5.91 Å². The summed E-state index contributed by atoms with van der Waals surface area (Å²) in [6.07, 6.45) is -0.325. The van der Waals surface area contributed by atoms with Gasteiger partial charge in [-0.05, 0) is 6.92 Å². The molecular formula is C9H15BrN2O3. The van der Waals surface area contributed by atoms with Gasteiger partial charge in [0, 0.05) is 26.2 Å². The van der Waals surface area contributed by atoms with Crippen molar-refractivity contribution in [3.05, 3.63) is 0 Å². The molecule has 0 radical (unpaired) electrons. The third-order valence-electron chi connectivity index (χ3n) is 2.36. The van der Waals surface area contributed by atoms with E-state index in [0.717, 1.165) is 0 Å². The third kappa shape index (κ3) is 3.09. The van der Waals surface area contributed by atoms with Gasteiger partial charge in [0.1, 0.15) is 0 Å². The average molecular weight is 279 g/mol. The molecule has 1 unspecified atom stereocenters. The lowest BCUT2D eigenvalue weighted by molar-refractivity contribution is -0.131. The first-order chi connectivity index (χ1) is 7.06. The Morgan fingerprint density at radius 3 is 2.07 bits per heavy atom. The van der Waals surface area contributed by atoms with Crippen molar-refractivity contribution in [2.24, 2.45) is 0 Å². The highest BCUT2D eigenvalue weighted by Crippen LogP contribution is 2.08. The van der Waals surface area contributed by atoms with Crippen LogP contribution in [0.4, 0.5) is 4.79 Å². The Morgan fingerprint density at radius 1 is 1.20 bits per heavy atom. The van der Waals surface area contributed by atoms with Crippen LogP contribution in [-0.4, -0.2) is 59.9 Å². The Labute approximate surface area is 97.5 Å². The van der Waals surface area contributed by atoms with Crippen molar-refractivity contribution in [1.82, 2.24) is 9.80 Å². The highest BCUT2D eigenvalue weighted by Gasteiger charge is 2.25. The van der Waals surface area contributed by atoms with Crippen molar-refractivity contribution >= 4 is 27.9 Å². The molecule has 6 heteroatoms. The predicted octanol–water partition coefficient (Wildman–Crippen LogP) is 0.680. The van der Waals surface area contributed by atoms with Gasteiger partial charge in [-0.25, -0.2) is 4.79 Å². The van der Waals surface area contributed by atoms with Crippen LogP contribution in [0.15, 0.2) is 0 Å². The van der Waals surface area contributed by atoms with Crippen molar-refractivity contribution < 1.29 is 14.3 Å². The average Bonchev–Trinajstić information content (AvgIpc) is 2.27. The summed E-state index contributed by atoms with van der Waals surface area (Å²) in [7, 11) is 1.36. The van der Waals surface area contributed by atoms with Crippen LogP contribution >= 0.6 is 15.9 Å². The molecule has 0 aromatic rings. The molecule has 1 aliphatic heterocycles. The second-order valence-electron chi connectivity index (χ2n) is 3.40. The minimum absolute atomic E-state index is 0.0690. The van der Waals surface area contributed by atoms with Crippen molar-refractivity contribution in [1.29, 1.82) is 0 Å². The van der Waals surface area contributed by atoms with Gasteiger partial charge in [-0.1, -0.05) is 15.9 Å². The topological polar surface area (TPSA) is 49.9 Å². The van der Waals surface area contributed by atoms with Crippen LogP contribution in [0.3, 0.4) is 0 Å². The Hall–Kier alpha value is -0.780. The molecule has 0 N–H and O–H groups in total. The van der Waals surface area contributed by atoms with Crippen LogP contribution < -0.4 is 0 Å². The Bertz CT molecular complexity index is 250. The highest BCUT2D eigenvalue weighted by molar-refractivity contribution is 9.10. The smallest absolute Gasteiger partial charge is 0.409 e.